The number of aromatic carboxylic acids is 1. The molecule has 0 unspecified atom stereocenters. The molecule has 29 heavy (non-hydrogen) atoms. The van der Waals surface area contributed by atoms with E-state index >= 15 is 0 Å². The SMILES string of the molecule is CN1CC(Oc2ccccc2C(=O)Nc2sc3c(c2C(=O)O)CC(C)(C)CC3)C1. The van der Waals surface area contributed by atoms with Gasteiger partial charge in [0.15, 0.2) is 0 Å². The number of para-hydroxylation sites is 1. The summed E-state index contributed by atoms with van der Waals surface area (Å²) in [6.45, 7) is 5.96. The topological polar surface area (TPSA) is 78.9 Å². The number of likely N-dealkylation sites (tertiary alicyclic amines) is 1. The summed E-state index contributed by atoms with van der Waals surface area (Å²) in [5.74, 6) is -0.798. The zero-order valence-corrected chi connectivity index (χ0v) is 17.8. The molecule has 2 heterocycles. The first kappa shape index (κ1) is 19.9. The number of carboxylic acid groups (broad SMARTS) is 1. The number of hydrogen-bond donors (Lipinski definition) is 2. The van der Waals surface area contributed by atoms with Crippen molar-refractivity contribution < 1.29 is 19.4 Å². The predicted molar refractivity (Wildman–Crippen MR) is 113 cm³/mol. The van der Waals surface area contributed by atoms with Gasteiger partial charge < -0.3 is 15.2 Å². The first-order valence-corrected chi connectivity index (χ1v) is 10.7. The summed E-state index contributed by atoms with van der Waals surface area (Å²) >= 11 is 1.39. The molecule has 0 radical (unpaired) electrons. The number of benzene rings is 1. The van der Waals surface area contributed by atoms with E-state index in [1.54, 1.807) is 18.2 Å². The van der Waals surface area contributed by atoms with Crippen LogP contribution in [0, 0.1) is 5.41 Å². The number of rotatable bonds is 5. The Morgan fingerprint density at radius 1 is 1.28 bits per heavy atom. The molecule has 2 aliphatic rings. The van der Waals surface area contributed by atoms with E-state index < -0.39 is 5.97 Å². The van der Waals surface area contributed by atoms with Crippen molar-refractivity contribution in [3.63, 3.8) is 0 Å². The number of fused-ring (bicyclic) bond motifs is 1. The number of nitrogens with zero attached hydrogens (tertiary/aromatic N) is 1. The van der Waals surface area contributed by atoms with Crippen LogP contribution >= 0.6 is 11.3 Å². The van der Waals surface area contributed by atoms with E-state index in [1.807, 2.05) is 13.1 Å². The highest BCUT2D eigenvalue weighted by molar-refractivity contribution is 7.17. The van der Waals surface area contributed by atoms with Gasteiger partial charge in [-0.1, -0.05) is 26.0 Å². The second-order valence-corrected chi connectivity index (χ2v) is 9.87. The fraction of sp³-hybridized carbons (Fsp3) is 0.455. The maximum atomic E-state index is 13.0. The van der Waals surface area contributed by atoms with Gasteiger partial charge in [0.2, 0.25) is 0 Å². The van der Waals surface area contributed by atoms with Gasteiger partial charge in [-0.2, -0.15) is 0 Å². The summed E-state index contributed by atoms with van der Waals surface area (Å²) in [7, 11) is 2.02. The van der Waals surface area contributed by atoms with Crippen molar-refractivity contribution in [2.45, 2.75) is 39.2 Å². The summed E-state index contributed by atoms with van der Waals surface area (Å²) in [5.41, 5.74) is 1.60. The molecule has 4 rings (SSSR count). The number of carbonyl (C=O) groups is 2. The molecule has 0 spiro atoms. The molecule has 0 atom stereocenters. The average molecular weight is 415 g/mol. The first-order chi connectivity index (χ1) is 13.7. The third-order valence-electron chi connectivity index (χ3n) is 5.67. The molecule has 154 valence electrons. The molecule has 7 heteroatoms. The Bertz CT molecular complexity index is 960. The number of anilines is 1. The van der Waals surface area contributed by atoms with Crippen LogP contribution in [0.1, 0.15) is 51.4 Å². The second-order valence-electron chi connectivity index (χ2n) is 8.77. The number of aryl methyl sites for hydroxylation is 1. The monoisotopic (exact) mass is 414 g/mol. The van der Waals surface area contributed by atoms with Gasteiger partial charge in [-0.25, -0.2) is 4.79 Å². The first-order valence-electron chi connectivity index (χ1n) is 9.87. The van der Waals surface area contributed by atoms with Crippen molar-refractivity contribution >= 4 is 28.2 Å². The molecule has 0 bridgehead atoms. The lowest BCUT2D eigenvalue weighted by atomic mass is 9.76. The van der Waals surface area contributed by atoms with E-state index in [0.29, 0.717) is 22.7 Å². The summed E-state index contributed by atoms with van der Waals surface area (Å²) in [6, 6.07) is 7.12. The van der Waals surface area contributed by atoms with E-state index in [1.165, 1.54) is 11.3 Å². The van der Waals surface area contributed by atoms with Gasteiger partial charge in [0, 0.05) is 18.0 Å². The number of thiophene rings is 1. The van der Waals surface area contributed by atoms with E-state index in [4.69, 9.17) is 4.74 Å². The number of hydrogen-bond acceptors (Lipinski definition) is 5. The highest BCUT2D eigenvalue weighted by atomic mass is 32.1. The quantitative estimate of drug-likeness (QED) is 0.776. The van der Waals surface area contributed by atoms with Crippen molar-refractivity contribution in [2.75, 3.05) is 25.5 Å². The van der Waals surface area contributed by atoms with Gasteiger partial charge in [0.1, 0.15) is 16.9 Å². The minimum Gasteiger partial charge on any atom is -0.487 e. The Labute approximate surface area is 174 Å². The van der Waals surface area contributed by atoms with Crippen molar-refractivity contribution in [3.05, 3.63) is 45.8 Å². The molecule has 1 fully saturated rings. The van der Waals surface area contributed by atoms with E-state index in [2.05, 4.69) is 24.1 Å². The molecular formula is C22H26N2O4S. The fourth-order valence-electron chi connectivity index (χ4n) is 4.06. The maximum Gasteiger partial charge on any atom is 0.339 e. The van der Waals surface area contributed by atoms with Gasteiger partial charge in [-0.15, -0.1) is 11.3 Å². The van der Waals surface area contributed by atoms with Gasteiger partial charge in [-0.05, 0) is 49.4 Å². The second kappa shape index (κ2) is 7.46. The number of nitrogens with one attached hydrogen (secondary N) is 1. The van der Waals surface area contributed by atoms with Crippen molar-refractivity contribution in [2.24, 2.45) is 5.41 Å². The van der Waals surface area contributed by atoms with Crippen LogP contribution in [0.5, 0.6) is 5.75 Å². The largest absolute Gasteiger partial charge is 0.487 e. The van der Waals surface area contributed by atoms with Crippen LogP contribution < -0.4 is 10.1 Å². The molecule has 2 aromatic rings. The summed E-state index contributed by atoms with van der Waals surface area (Å²) < 4.78 is 5.98. The highest BCUT2D eigenvalue weighted by Crippen LogP contribution is 2.44. The Hall–Kier alpha value is -2.38. The van der Waals surface area contributed by atoms with E-state index in [0.717, 1.165) is 36.4 Å². The van der Waals surface area contributed by atoms with Crippen LogP contribution in [0.15, 0.2) is 24.3 Å². The number of amides is 1. The Morgan fingerprint density at radius 3 is 2.69 bits per heavy atom. The Morgan fingerprint density at radius 2 is 2.00 bits per heavy atom. The molecule has 1 aromatic heterocycles. The fourth-order valence-corrected chi connectivity index (χ4v) is 5.26. The van der Waals surface area contributed by atoms with Gasteiger partial charge in [-0.3, -0.25) is 9.69 Å². The van der Waals surface area contributed by atoms with Crippen LogP contribution in [0.2, 0.25) is 0 Å². The third kappa shape index (κ3) is 4.02. The Kier molecular flexibility index (Phi) is 5.12. The van der Waals surface area contributed by atoms with Gasteiger partial charge in [0.25, 0.3) is 5.91 Å². The molecular weight excluding hydrogens is 388 g/mol. The zero-order chi connectivity index (χ0) is 20.8. The smallest absolute Gasteiger partial charge is 0.339 e. The van der Waals surface area contributed by atoms with Crippen LogP contribution in [0.25, 0.3) is 0 Å². The number of carbonyl (C=O) groups excluding carboxylic acids is 1. The molecule has 0 saturated carbocycles. The minimum absolute atomic E-state index is 0.0654. The maximum absolute atomic E-state index is 13.0. The van der Waals surface area contributed by atoms with Crippen LogP contribution in [-0.4, -0.2) is 48.1 Å². The van der Waals surface area contributed by atoms with E-state index in [-0.39, 0.29) is 23.0 Å². The summed E-state index contributed by atoms with van der Waals surface area (Å²) in [5, 5.41) is 13.1. The van der Waals surface area contributed by atoms with Crippen LogP contribution in [0.4, 0.5) is 5.00 Å². The third-order valence-corrected chi connectivity index (χ3v) is 6.88. The minimum atomic E-state index is -0.988. The van der Waals surface area contributed by atoms with Crippen molar-refractivity contribution in [3.8, 4) is 5.75 Å². The Balaban J connectivity index is 1.60. The van der Waals surface area contributed by atoms with Crippen LogP contribution in [-0.2, 0) is 12.8 Å². The molecule has 1 aliphatic carbocycles. The average Bonchev–Trinajstić information content (AvgIpc) is 2.96. The van der Waals surface area contributed by atoms with Gasteiger partial charge in [0.05, 0.1) is 11.1 Å². The molecule has 1 saturated heterocycles. The van der Waals surface area contributed by atoms with Gasteiger partial charge >= 0.3 is 5.97 Å². The van der Waals surface area contributed by atoms with Crippen molar-refractivity contribution in [1.82, 2.24) is 4.90 Å². The molecule has 1 aliphatic heterocycles. The summed E-state index contributed by atoms with van der Waals surface area (Å²) in [6.07, 6.45) is 2.64. The van der Waals surface area contributed by atoms with Crippen LogP contribution in [0.3, 0.4) is 0 Å². The molecule has 6 nitrogen and oxygen atoms in total. The lowest BCUT2D eigenvalue weighted by Gasteiger charge is -2.36. The lowest BCUT2D eigenvalue weighted by molar-refractivity contribution is 0.0381. The number of carboxylic acids is 1. The highest BCUT2D eigenvalue weighted by Gasteiger charge is 2.33. The zero-order valence-electron chi connectivity index (χ0n) is 16.9. The van der Waals surface area contributed by atoms with E-state index in [9.17, 15) is 14.7 Å². The normalized spacial score (nSPS) is 18.6. The number of likely N-dealkylation sites (N-methyl/N-ethyl adjacent to an activating group) is 1. The van der Waals surface area contributed by atoms with Crippen molar-refractivity contribution in [1.29, 1.82) is 0 Å². The molecule has 1 aromatic carbocycles. The molecule has 1 amide bonds. The lowest BCUT2D eigenvalue weighted by Crippen LogP contribution is -2.51. The standard InChI is InChI=1S/C22H26N2O4S/c1-22(2)9-8-17-15(10-22)18(21(26)27)20(29-17)23-19(25)14-6-4-5-7-16(14)28-13-11-24(3)12-13/h4-7,13H,8-12H2,1-3H3,(H,23,25)(H,26,27). The predicted octanol–water partition coefficient (Wildman–Crippen LogP) is 3.91. The number of ether oxygens (including phenoxy) is 1. The molecule has 2 N–H and O–H groups in total. The summed E-state index contributed by atoms with van der Waals surface area (Å²) in [4.78, 5) is 28.2.